The van der Waals surface area contributed by atoms with Crippen LogP contribution >= 0.6 is 0 Å². The van der Waals surface area contributed by atoms with E-state index in [-0.39, 0.29) is 5.69 Å². The molecule has 0 aliphatic heterocycles. The smallest absolute Gasteiger partial charge is 0.358 e. The van der Waals surface area contributed by atoms with E-state index in [9.17, 15) is 9.90 Å². The Balaban J connectivity index is 2.41. The lowest BCUT2D eigenvalue weighted by Crippen LogP contribution is -2.10. The van der Waals surface area contributed by atoms with Crippen molar-refractivity contribution in [2.45, 2.75) is 6.92 Å². The molecule has 94 valence electrons. The van der Waals surface area contributed by atoms with Crippen molar-refractivity contribution in [3.05, 3.63) is 47.9 Å². The van der Waals surface area contributed by atoms with Gasteiger partial charge in [-0.15, -0.1) is 10.2 Å². The molecule has 6 nitrogen and oxygen atoms in total. The first-order chi connectivity index (χ1) is 9.16. The van der Waals surface area contributed by atoms with Gasteiger partial charge in [0.15, 0.2) is 5.69 Å². The van der Waals surface area contributed by atoms with Gasteiger partial charge in [0.1, 0.15) is 5.69 Å². The Labute approximate surface area is 108 Å². The zero-order valence-corrected chi connectivity index (χ0v) is 10.1. The number of aromatic carboxylic acids is 1. The second-order valence-electron chi connectivity index (χ2n) is 4.18. The molecule has 2 heterocycles. The van der Waals surface area contributed by atoms with E-state index in [0.717, 1.165) is 5.56 Å². The Morgan fingerprint density at radius 3 is 2.74 bits per heavy atom. The molecule has 0 radical (unpaired) electrons. The van der Waals surface area contributed by atoms with Crippen molar-refractivity contribution in [1.29, 1.82) is 0 Å². The van der Waals surface area contributed by atoms with Crippen LogP contribution in [-0.4, -0.2) is 31.1 Å². The summed E-state index contributed by atoms with van der Waals surface area (Å²) in [4.78, 5) is 11.3. The van der Waals surface area contributed by atoms with Gasteiger partial charge in [0.05, 0.1) is 11.7 Å². The molecule has 3 rings (SSSR count). The number of nitrogens with zero attached hydrogens (tertiary/aromatic N) is 4. The van der Waals surface area contributed by atoms with Gasteiger partial charge in [0, 0.05) is 11.6 Å². The fraction of sp³-hybridized carbons (Fsp3) is 0.0769. The van der Waals surface area contributed by atoms with Crippen LogP contribution in [0, 0.1) is 6.92 Å². The third kappa shape index (κ3) is 1.83. The number of fused-ring (bicyclic) bond motifs is 1. The number of carboxylic acids is 1. The van der Waals surface area contributed by atoms with Crippen LogP contribution in [0.1, 0.15) is 16.1 Å². The van der Waals surface area contributed by atoms with Gasteiger partial charge in [-0.3, -0.25) is 0 Å². The van der Waals surface area contributed by atoms with E-state index in [4.69, 9.17) is 0 Å². The van der Waals surface area contributed by atoms with Crippen LogP contribution in [0.4, 0.5) is 0 Å². The van der Waals surface area contributed by atoms with E-state index >= 15 is 0 Å². The van der Waals surface area contributed by atoms with Crippen molar-refractivity contribution in [2.24, 2.45) is 0 Å². The second-order valence-corrected chi connectivity index (χ2v) is 4.18. The molecule has 19 heavy (non-hydrogen) atoms. The summed E-state index contributed by atoms with van der Waals surface area (Å²) in [5.74, 6) is -1.12. The zero-order valence-electron chi connectivity index (χ0n) is 10.1. The van der Waals surface area contributed by atoms with Crippen molar-refractivity contribution >= 4 is 16.9 Å². The number of carboxylic acid groups (broad SMARTS) is 1. The molecular formula is C13H10N4O2. The molecule has 6 heteroatoms. The van der Waals surface area contributed by atoms with Gasteiger partial charge >= 0.3 is 5.97 Å². The number of hydrogen-bond acceptors (Lipinski definition) is 4. The van der Waals surface area contributed by atoms with Crippen LogP contribution < -0.4 is 0 Å². The van der Waals surface area contributed by atoms with Crippen LogP contribution in [0.2, 0.25) is 0 Å². The highest BCUT2D eigenvalue weighted by Crippen LogP contribution is 2.22. The highest BCUT2D eigenvalue weighted by molar-refractivity contribution is 5.98. The van der Waals surface area contributed by atoms with Gasteiger partial charge in [-0.2, -0.15) is 5.10 Å². The molecule has 0 spiro atoms. The van der Waals surface area contributed by atoms with Crippen LogP contribution in [0.5, 0.6) is 0 Å². The van der Waals surface area contributed by atoms with Crippen molar-refractivity contribution in [3.8, 4) is 5.69 Å². The van der Waals surface area contributed by atoms with Gasteiger partial charge in [-0.25, -0.2) is 9.48 Å². The predicted molar refractivity (Wildman–Crippen MR) is 68.4 cm³/mol. The number of carbonyl (C=O) groups is 1. The molecular weight excluding hydrogens is 244 g/mol. The summed E-state index contributed by atoms with van der Waals surface area (Å²) in [6.07, 6.45) is 3.43. The number of hydrogen-bond donors (Lipinski definition) is 1. The zero-order chi connectivity index (χ0) is 13.4. The summed E-state index contributed by atoms with van der Waals surface area (Å²) < 4.78 is 1.52. The van der Waals surface area contributed by atoms with Gasteiger partial charge in [0.25, 0.3) is 0 Å². The monoisotopic (exact) mass is 254 g/mol. The van der Waals surface area contributed by atoms with Crippen LogP contribution in [0.3, 0.4) is 0 Å². The minimum atomic E-state index is -1.12. The molecule has 0 aliphatic rings. The maximum absolute atomic E-state index is 11.3. The molecule has 0 saturated heterocycles. The minimum absolute atomic E-state index is 0.109. The van der Waals surface area contributed by atoms with Gasteiger partial charge < -0.3 is 5.11 Å². The molecule has 0 bridgehead atoms. The first-order valence-corrected chi connectivity index (χ1v) is 5.67. The van der Waals surface area contributed by atoms with Crippen LogP contribution in [0.15, 0.2) is 36.7 Å². The van der Waals surface area contributed by atoms with Crippen LogP contribution in [0.25, 0.3) is 16.6 Å². The van der Waals surface area contributed by atoms with Crippen LogP contribution in [-0.2, 0) is 0 Å². The molecule has 0 atom stereocenters. The lowest BCUT2D eigenvalue weighted by Gasteiger charge is -2.08. The van der Waals surface area contributed by atoms with E-state index in [1.54, 1.807) is 18.5 Å². The van der Waals surface area contributed by atoms with Crippen molar-refractivity contribution < 1.29 is 9.90 Å². The summed E-state index contributed by atoms with van der Waals surface area (Å²) in [7, 11) is 0. The quantitative estimate of drug-likeness (QED) is 0.754. The molecule has 1 N–H and O–H groups in total. The number of aromatic nitrogens is 4. The van der Waals surface area contributed by atoms with E-state index in [0.29, 0.717) is 16.6 Å². The Hall–Kier alpha value is -2.76. The fourth-order valence-electron chi connectivity index (χ4n) is 1.95. The molecule has 1 aromatic carbocycles. The van der Waals surface area contributed by atoms with Crippen molar-refractivity contribution in [3.63, 3.8) is 0 Å². The average Bonchev–Trinajstić information content (AvgIpc) is 2.83. The third-order valence-corrected chi connectivity index (χ3v) is 2.78. The lowest BCUT2D eigenvalue weighted by molar-refractivity contribution is 0.0689. The Bertz CT molecular complexity index is 779. The number of aryl methyl sites for hydroxylation is 1. The summed E-state index contributed by atoms with van der Waals surface area (Å²) in [5.41, 5.74) is 1.90. The normalized spacial score (nSPS) is 10.8. The molecule has 2 aromatic heterocycles. The first kappa shape index (κ1) is 11.3. The number of rotatable bonds is 2. The van der Waals surface area contributed by atoms with Gasteiger partial charge in [-0.1, -0.05) is 18.2 Å². The molecule has 0 unspecified atom stereocenters. The SMILES string of the molecule is Cc1cnn(-c2c(C(=O)O)nnc3ccccc23)c1. The summed E-state index contributed by atoms with van der Waals surface area (Å²) in [5, 5.41) is 21.8. The molecule has 0 fully saturated rings. The first-order valence-electron chi connectivity index (χ1n) is 5.67. The predicted octanol–water partition coefficient (Wildman–Crippen LogP) is 1.82. The third-order valence-electron chi connectivity index (χ3n) is 2.78. The maximum atomic E-state index is 11.3. The maximum Gasteiger partial charge on any atom is 0.358 e. The standard InChI is InChI=1S/C13H10N4O2/c1-8-6-14-17(7-8)12-9-4-2-3-5-10(9)15-16-11(12)13(18)19/h2-7H,1H3,(H,18,19). The molecule has 0 aliphatic carbocycles. The van der Waals surface area contributed by atoms with E-state index in [1.165, 1.54) is 4.68 Å². The average molecular weight is 254 g/mol. The highest BCUT2D eigenvalue weighted by Gasteiger charge is 2.18. The van der Waals surface area contributed by atoms with Gasteiger partial charge in [0.2, 0.25) is 0 Å². The lowest BCUT2D eigenvalue weighted by atomic mass is 10.1. The van der Waals surface area contributed by atoms with Gasteiger partial charge in [-0.05, 0) is 18.6 Å². The molecule has 3 aromatic rings. The summed E-state index contributed by atoms with van der Waals surface area (Å²) in [6, 6.07) is 7.25. The number of benzene rings is 1. The highest BCUT2D eigenvalue weighted by atomic mass is 16.4. The van der Waals surface area contributed by atoms with E-state index < -0.39 is 5.97 Å². The Morgan fingerprint density at radius 1 is 1.26 bits per heavy atom. The summed E-state index contributed by atoms with van der Waals surface area (Å²) >= 11 is 0. The van der Waals surface area contributed by atoms with Crippen molar-refractivity contribution in [2.75, 3.05) is 0 Å². The van der Waals surface area contributed by atoms with Crippen molar-refractivity contribution in [1.82, 2.24) is 20.0 Å². The topological polar surface area (TPSA) is 80.9 Å². The fourth-order valence-corrected chi connectivity index (χ4v) is 1.95. The minimum Gasteiger partial charge on any atom is -0.476 e. The van der Waals surface area contributed by atoms with E-state index in [2.05, 4.69) is 15.3 Å². The second kappa shape index (κ2) is 4.16. The Morgan fingerprint density at radius 2 is 2.05 bits per heavy atom. The molecule has 0 saturated carbocycles. The van der Waals surface area contributed by atoms with E-state index in [1.807, 2.05) is 25.1 Å². The largest absolute Gasteiger partial charge is 0.476 e. The molecule has 0 amide bonds. The Kier molecular flexibility index (Phi) is 2.49. The summed E-state index contributed by atoms with van der Waals surface area (Å²) in [6.45, 7) is 1.89.